The van der Waals surface area contributed by atoms with Gasteiger partial charge in [0, 0.05) is 19.2 Å². The van der Waals surface area contributed by atoms with Crippen molar-refractivity contribution in [3.05, 3.63) is 42.5 Å². The molecule has 0 aliphatic carbocycles. The zero-order valence-corrected chi connectivity index (χ0v) is 12.9. The summed E-state index contributed by atoms with van der Waals surface area (Å²) in [6.07, 6.45) is 2.71. The molecule has 0 aliphatic rings. The quantitative estimate of drug-likeness (QED) is 0.749. The third kappa shape index (κ3) is 4.16. The molecule has 1 aromatic rings. The summed E-state index contributed by atoms with van der Waals surface area (Å²) in [5.74, 6) is 0. The molecule has 0 spiro atoms. The van der Waals surface area contributed by atoms with Gasteiger partial charge in [-0.05, 0) is 38.8 Å². The number of nitrogens with zero attached hydrogens (tertiary/aromatic N) is 1. The van der Waals surface area contributed by atoms with Crippen LogP contribution >= 0.6 is 0 Å². The number of rotatable bonds is 8. The Hall–Kier alpha value is -1.17. The lowest BCUT2D eigenvalue weighted by Gasteiger charge is -2.27. The van der Waals surface area contributed by atoms with Gasteiger partial charge in [0.15, 0.2) is 0 Å². The van der Waals surface area contributed by atoms with E-state index < -0.39 is 10.0 Å². The van der Waals surface area contributed by atoms with Crippen LogP contribution in [0.15, 0.2) is 41.8 Å². The maximum Gasteiger partial charge on any atom is 0.243 e. The van der Waals surface area contributed by atoms with Crippen LogP contribution in [0.25, 0.3) is 0 Å². The van der Waals surface area contributed by atoms with Gasteiger partial charge in [0.2, 0.25) is 10.0 Å². The van der Waals surface area contributed by atoms with Crippen molar-refractivity contribution in [2.24, 2.45) is 0 Å². The summed E-state index contributed by atoms with van der Waals surface area (Å²) in [7, 11) is -3.54. The van der Waals surface area contributed by atoms with Crippen molar-refractivity contribution < 1.29 is 13.5 Å². The molecule has 20 heavy (non-hydrogen) atoms. The van der Waals surface area contributed by atoms with Gasteiger partial charge in [-0.1, -0.05) is 23.8 Å². The fourth-order valence-corrected chi connectivity index (χ4v) is 3.69. The Bertz CT molecular complexity index is 523. The first-order chi connectivity index (χ1) is 9.43. The summed E-state index contributed by atoms with van der Waals surface area (Å²) in [4.78, 5) is 0.289. The van der Waals surface area contributed by atoms with Crippen molar-refractivity contribution in [2.75, 3.05) is 13.2 Å². The standard InChI is InChI=1S/C15H23NO3S/c1-4-6-14(3)16(11-5-12-17)20(18,19)15-9-7-13(2)8-10-15/h4,7-10,14,17H,1,5-6,11-12H2,2-3H3. The van der Waals surface area contributed by atoms with E-state index in [0.717, 1.165) is 5.56 Å². The lowest BCUT2D eigenvalue weighted by atomic mass is 10.2. The average molecular weight is 297 g/mol. The number of hydrogen-bond acceptors (Lipinski definition) is 3. The molecule has 0 radical (unpaired) electrons. The molecule has 0 fully saturated rings. The molecule has 1 N–H and O–H groups in total. The molecule has 0 aromatic heterocycles. The van der Waals surface area contributed by atoms with Crippen LogP contribution in [0.3, 0.4) is 0 Å². The summed E-state index contributed by atoms with van der Waals surface area (Å²) >= 11 is 0. The van der Waals surface area contributed by atoms with E-state index in [1.807, 2.05) is 13.8 Å². The number of benzene rings is 1. The zero-order valence-electron chi connectivity index (χ0n) is 12.1. The van der Waals surface area contributed by atoms with Gasteiger partial charge >= 0.3 is 0 Å². The predicted molar refractivity (Wildman–Crippen MR) is 81.0 cm³/mol. The lowest BCUT2D eigenvalue weighted by Crippen LogP contribution is -2.39. The molecule has 1 atom stereocenters. The summed E-state index contributed by atoms with van der Waals surface area (Å²) in [5.41, 5.74) is 1.02. The second-order valence-corrected chi connectivity index (χ2v) is 6.77. The molecule has 0 saturated carbocycles. The highest BCUT2D eigenvalue weighted by Crippen LogP contribution is 2.20. The minimum Gasteiger partial charge on any atom is -0.396 e. The molecule has 0 aliphatic heterocycles. The fraction of sp³-hybridized carbons (Fsp3) is 0.467. The molecule has 112 valence electrons. The van der Waals surface area contributed by atoms with Crippen LogP contribution in [0.2, 0.25) is 0 Å². The summed E-state index contributed by atoms with van der Waals surface area (Å²) < 4.78 is 26.8. The van der Waals surface area contributed by atoms with Gasteiger partial charge in [-0.15, -0.1) is 6.58 Å². The first kappa shape index (κ1) is 16.9. The van der Waals surface area contributed by atoms with Crippen LogP contribution in [0.5, 0.6) is 0 Å². The fourth-order valence-electron chi connectivity index (χ4n) is 2.01. The molecule has 0 bridgehead atoms. The Labute approximate surface area is 121 Å². The second kappa shape index (κ2) is 7.57. The number of sulfonamides is 1. The molecule has 1 unspecified atom stereocenters. The smallest absolute Gasteiger partial charge is 0.243 e. The van der Waals surface area contributed by atoms with Gasteiger partial charge in [0.1, 0.15) is 0 Å². The van der Waals surface area contributed by atoms with E-state index in [2.05, 4.69) is 6.58 Å². The minimum absolute atomic E-state index is 0.0271. The normalized spacial score (nSPS) is 13.4. The molecule has 4 nitrogen and oxygen atoms in total. The number of hydrogen-bond donors (Lipinski definition) is 1. The molecule has 5 heteroatoms. The molecule has 0 heterocycles. The molecule has 1 aromatic carbocycles. The van der Waals surface area contributed by atoms with E-state index in [4.69, 9.17) is 5.11 Å². The van der Waals surface area contributed by atoms with Crippen LogP contribution in [0.4, 0.5) is 0 Å². The second-order valence-electron chi connectivity index (χ2n) is 4.88. The predicted octanol–water partition coefficient (Wildman–Crippen LogP) is 2.33. The molecular weight excluding hydrogens is 274 g/mol. The van der Waals surface area contributed by atoms with Crippen LogP contribution in [0, 0.1) is 6.92 Å². The first-order valence-corrected chi connectivity index (χ1v) is 8.17. The van der Waals surface area contributed by atoms with Gasteiger partial charge in [-0.2, -0.15) is 4.31 Å². The van der Waals surface area contributed by atoms with Crippen LogP contribution in [-0.4, -0.2) is 37.0 Å². The van der Waals surface area contributed by atoms with E-state index >= 15 is 0 Å². The third-order valence-electron chi connectivity index (χ3n) is 3.16. The highest BCUT2D eigenvalue weighted by molar-refractivity contribution is 7.89. The van der Waals surface area contributed by atoms with E-state index in [1.54, 1.807) is 30.3 Å². The lowest BCUT2D eigenvalue weighted by molar-refractivity contribution is 0.254. The number of aliphatic hydroxyl groups is 1. The average Bonchev–Trinajstić information content (AvgIpc) is 2.39. The van der Waals surface area contributed by atoms with Gasteiger partial charge in [-0.3, -0.25) is 0 Å². The first-order valence-electron chi connectivity index (χ1n) is 6.73. The number of aryl methyl sites for hydroxylation is 1. The number of aliphatic hydroxyl groups excluding tert-OH is 1. The zero-order chi connectivity index (χ0) is 15.2. The topological polar surface area (TPSA) is 57.6 Å². The molecular formula is C15H23NO3S. The van der Waals surface area contributed by atoms with Crippen molar-refractivity contribution in [2.45, 2.75) is 37.6 Å². The minimum atomic E-state index is -3.54. The van der Waals surface area contributed by atoms with E-state index in [-0.39, 0.29) is 17.5 Å². The maximum atomic E-state index is 12.7. The Morgan fingerprint density at radius 3 is 2.45 bits per heavy atom. The van der Waals surface area contributed by atoms with Gasteiger partial charge < -0.3 is 5.11 Å². The van der Waals surface area contributed by atoms with Gasteiger partial charge in [0.25, 0.3) is 0 Å². The highest BCUT2D eigenvalue weighted by atomic mass is 32.2. The summed E-state index contributed by atoms with van der Waals surface area (Å²) in [6.45, 7) is 7.71. The van der Waals surface area contributed by atoms with Gasteiger partial charge in [-0.25, -0.2) is 8.42 Å². The van der Waals surface area contributed by atoms with Crippen LogP contribution in [-0.2, 0) is 10.0 Å². The van der Waals surface area contributed by atoms with Crippen molar-refractivity contribution >= 4 is 10.0 Å². The van der Waals surface area contributed by atoms with Crippen molar-refractivity contribution in [3.63, 3.8) is 0 Å². The Balaban J connectivity index is 3.09. The summed E-state index contributed by atoms with van der Waals surface area (Å²) in [5, 5.41) is 8.96. The highest BCUT2D eigenvalue weighted by Gasteiger charge is 2.27. The Kier molecular flexibility index (Phi) is 6.39. The third-order valence-corrected chi connectivity index (χ3v) is 5.19. The van der Waals surface area contributed by atoms with Crippen LogP contribution in [0.1, 0.15) is 25.3 Å². The van der Waals surface area contributed by atoms with E-state index in [1.165, 1.54) is 4.31 Å². The van der Waals surface area contributed by atoms with Crippen LogP contribution < -0.4 is 0 Å². The maximum absolute atomic E-state index is 12.7. The molecule has 0 saturated heterocycles. The van der Waals surface area contributed by atoms with Crippen molar-refractivity contribution in [3.8, 4) is 0 Å². The Morgan fingerprint density at radius 2 is 1.95 bits per heavy atom. The van der Waals surface area contributed by atoms with Crippen molar-refractivity contribution in [1.29, 1.82) is 0 Å². The van der Waals surface area contributed by atoms with Crippen molar-refractivity contribution in [1.82, 2.24) is 4.31 Å². The largest absolute Gasteiger partial charge is 0.396 e. The SMILES string of the molecule is C=CCC(C)N(CCCO)S(=O)(=O)c1ccc(C)cc1. The Morgan fingerprint density at radius 1 is 1.35 bits per heavy atom. The molecule has 0 amide bonds. The van der Waals surface area contributed by atoms with E-state index in [9.17, 15) is 8.42 Å². The van der Waals surface area contributed by atoms with Gasteiger partial charge in [0.05, 0.1) is 4.90 Å². The summed E-state index contributed by atoms with van der Waals surface area (Å²) in [6, 6.07) is 6.64. The van der Waals surface area contributed by atoms with E-state index in [0.29, 0.717) is 19.4 Å². The molecule has 1 rings (SSSR count). The monoisotopic (exact) mass is 297 g/mol.